The molecule has 156 valence electrons. The average molecular weight is 403 g/mol. The molecule has 0 aliphatic heterocycles. The van der Waals surface area contributed by atoms with E-state index in [4.69, 9.17) is 0 Å². The molecule has 3 amide bonds. The molecule has 0 aliphatic carbocycles. The van der Waals surface area contributed by atoms with E-state index in [-0.39, 0.29) is 31.4 Å². The van der Waals surface area contributed by atoms with Gasteiger partial charge in [0.25, 0.3) is 5.91 Å². The predicted molar refractivity (Wildman–Crippen MR) is 102 cm³/mol. The van der Waals surface area contributed by atoms with Crippen LogP contribution in [0.25, 0.3) is 11.4 Å². The SMILES string of the molecule is CCCCCC(CN(O)C=O)C(=O)NCNC(=O)c1cccc(-c2nn[nH]n2)c1. The molecule has 0 saturated heterocycles. The number of aromatic amines is 1. The number of aromatic nitrogens is 4. The third-order valence-corrected chi connectivity index (χ3v) is 4.30. The second-order valence-corrected chi connectivity index (χ2v) is 6.46. The van der Waals surface area contributed by atoms with Crippen LogP contribution in [0.3, 0.4) is 0 Å². The van der Waals surface area contributed by atoms with E-state index in [0.29, 0.717) is 28.4 Å². The molecule has 0 spiro atoms. The van der Waals surface area contributed by atoms with Crippen LogP contribution < -0.4 is 10.6 Å². The number of nitrogens with zero attached hydrogens (tertiary/aromatic N) is 4. The Morgan fingerprint density at radius 3 is 2.83 bits per heavy atom. The number of nitrogens with one attached hydrogen (secondary N) is 3. The Kier molecular flexibility index (Phi) is 8.70. The highest BCUT2D eigenvalue weighted by molar-refractivity contribution is 5.95. The molecule has 1 atom stereocenters. The summed E-state index contributed by atoms with van der Waals surface area (Å²) in [6.45, 7) is 1.86. The van der Waals surface area contributed by atoms with Gasteiger partial charge in [-0.15, -0.1) is 10.2 Å². The first-order valence-corrected chi connectivity index (χ1v) is 9.35. The van der Waals surface area contributed by atoms with Crippen LogP contribution in [0, 0.1) is 5.92 Å². The second-order valence-electron chi connectivity index (χ2n) is 6.46. The number of carbonyl (C=O) groups is 3. The molecule has 0 fully saturated rings. The van der Waals surface area contributed by atoms with E-state index in [1.807, 2.05) is 6.92 Å². The molecule has 0 aliphatic rings. The second kappa shape index (κ2) is 11.5. The lowest BCUT2D eigenvalue weighted by Gasteiger charge is -2.19. The first kappa shape index (κ1) is 22.0. The van der Waals surface area contributed by atoms with E-state index < -0.39 is 5.92 Å². The molecular formula is C18H25N7O4. The monoisotopic (exact) mass is 403 g/mol. The molecule has 29 heavy (non-hydrogen) atoms. The number of benzene rings is 1. The Balaban J connectivity index is 1.88. The third kappa shape index (κ3) is 6.96. The van der Waals surface area contributed by atoms with Gasteiger partial charge in [-0.2, -0.15) is 5.21 Å². The maximum absolute atomic E-state index is 12.4. The summed E-state index contributed by atoms with van der Waals surface area (Å²) in [7, 11) is 0. The molecule has 1 unspecified atom stereocenters. The van der Waals surface area contributed by atoms with E-state index in [1.54, 1.807) is 24.3 Å². The van der Waals surface area contributed by atoms with Crippen LogP contribution in [0.15, 0.2) is 24.3 Å². The average Bonchev–Trinajstić information content (AvgIpc) is 3.28. The summed E-state index contributed by atoms with van der Waals surface area (Å²) in [6.07, 6.45) is 3.54. The number of hydrogen-bond donors (Lipinski definition) is 4. The molecule has 0 bridgehead atoms. The van der Waals surface area contributed by atoms with Gasteiger partial charge < -0.3 is 10.6 Å². The molecule has 2 aromatic rings. The predicted octanol–water partition coefficient (Wildman–Crippen LogP) is 0.714. The summed E-state index contributed by atoms with van der Waals surface area (Å²) in [6, 6.07) is 6.68. The Labute approximate surface area is 167 Å². The van der Waals surface area contributed by atoms with E-state index in [1.165, 1.54) is 0 Å². The van der Waals surface area contributed by atoms with E-state index in [0.717, 1.165) is 19.3 Å². The van der Waals surface area contributed by atoms with Crippen molar-refractivity contribution in [2.24, 2.45) is 5.92 Å². The molecule has 11 nitrogen and oxygen atoms in total. The number of rotatable bonds is 12. The molecule has 1 heterocycles. The largest absolute Gasteiger partial charge is 0.338 e. The minimum absolute atomic E-state index is 0.0824. The number of hydroxylamine groups is 2. The van der Waals surface area contributed by atoms with Gasteiger partial charge in [0.1, 0.15) is 0 Å². The highest BCUT2D eigenvalue weighted by Crippen LogP contribution is 2.15. The summed E-state index contributed by atoms with van der Waals surface area (Å²) < 4.78 is 0. The zero-order valence-corrected chi connectivity index (χ0v) is 16.2. The van der Waals surface area contributed by atoms with Crippen LogP contribution in [0.5, 0.6) is 0 Å². The fourth-order valence-corrected chi connectivity index (χ4v) is 2.76. The standard InChI is InChI=1S/C18H25N7O4/c1-2-3-4-6-15(10-25(29)12-26)18(28)20-11-19-17(27)14-8-5-7-13(9-14)16-21-23-24-22-16/h5,7-9,12,15,29H,2-4,6,10-11H2,1H3,(H,19,27)(H,20,28)(H,21,22,23,24). The summed E-state index contributed by atoms with van der Waals surface area (Å²) in [5, 5.41) is 28.7. The van der Waals surface area contributed by atoms with Crippen LogP contribution in [0.4, 0.5) is 0 Å². The van der Waals surface area contributed by atoms with Gasteiger partial charge in [-0.05, 0) is 23.8 Å². The van der Waals surface area contributed by atoms with Crippen LogP contribution in [-0.2, 0) is 9.59 Å². The summed E-state index contributed by atoms with van der Waals surface area (Å²) in [5.74, 6) is -0.917. The minimum Gasteiger partial charge on any atom is -0.338 e. The summed E-state index contributed by atoms with van der Waals surface area (Å²) in [4.78, 5) is 35.3. The number of amides is 3. The first-order valence-electron chi connectivity index (χ1n) is 9.35. The number of unbranched alkanes of at least 4 members (excludes halogenated alkanes) is 2. The van der Waals surface area contributed by atoms with Crippen molar-refractivity contribution in [3.8, 4) is 11.4 Å². The van der Waals surface area contributed by atoms with Gasteiger partial charge in [-0.1, -0.05) is 38.3 Å². The van der Waals surface area contributed by atoms with Gasteiger partial charge in [-0.3, -0.25) is 19.6 Å². The van der Waals surface area contributed by atoms with Crippen molar-refractivity contribution in [3.63, 3.8) is 0 Å². The Bertz CT molecular complexity index is 797. The fraction of sp³-hybridized carbons (Fsp3) is 0.444. The fourth-order valence-electron chi connectivity index (χ4n) is 2.76. The molecule has 4 N–H and O–H groups in total. The van der Waals surface area contributed by atoms with Crippen LogP contribution in [0.1, 0.15) is 43.0 Å². The molecule has 0 radical (unpaired) electrons. The number of H-pyrrole nitrogens is 1. The molecule has 11 heteroatoms. The van der Waals surface area contributed by atoms with Gasteiger partial charge in [0.15, 0.2) is 0 Å². The molecule has 1 aromatic heterocycles. The quantitative estimate of drug-likeness (QED) is 0.134. The van der Waals surface area contributed by atoms with Crippen molar-refractivity contribution in [1.82, 2.24) is 36.3 Å². The minimum atomic E-state index is -0.560. The zero-order valence-electron chi connectivity index (χ0n) is 16.2. The van der Waals surface area contributed by atoms with Gasteiger partial charge in [0.2, 0.25) is 18.1 Å². The van der Waals surface area contributed by atoms with Crippen molar-refractivity contribution in [2.45, 2.75) is 32.6 Å². The Morgan fingerprint density at radius 2 is 2.14 bits per heavy atom. The number of tetrazole rings is 1. The van der Waals surface area contributed by atoms with E-state index in [9.17, 15) is 19.6 Å². The molecule has 0 saturated carbocycles. The Morgan fingerprint density at radius 1 is 1.31 bits per heavy atom. The first-order chi connectivity index (χ1) is 14.0. The maximum atomic E-state index is 12.4. The van der Waals surface area contributed by atoms with Crippen LogP contribution >= 0.6 is 0 Å². The zero-order chi connectivity index (χ0) is 21.1. The molecule has 2 rings (SSSR count). The summed E-state index contributed by atoms with van der Waals surface area (Å²) in [5.41, 5.74) is 1.01. The van der Waals surface area contributed by atoms with Gasteiger partial charge >= 0.3 is 0 Å². The van der Waals surface area contributed by atoms with E-state index >= 15 is 0 Å². The lowest BCUT2D eigenvalue weighted by molar-refractivity contribution is -0.154. The van der Waals surface area contributed by atoms with E-state index in [2.05, 4.69) is 31.3 Å². The van der Waals surface area contributed by atoms with Crippen LogP contribution in [0.2, 0.25) is 0 Å². The van der Waals surface area contributed by atoms with Gasteiger partial charge in [-0.25, -0.2) is 5.06 Å². The van der Waals surface area contributed by atoms with Crippen LogP contribution in [-0.4, -0.2) is 62.3 Å². The number of hydrogen-bond acceptors (Lipinski definition) is 7. The molecular weight excluding hydrogens is 378 g/mol. The number of carbonyl (C=O) groups excluding carboxylic acids is 3. The Hall–Kier alpha value is -3.34. The van der Waals surface area contributed by atoms with Crippen molar-refractivity contribution in [3.05, 3.63) is 29.8 Å². The highest BCUT2D eigenvalue weighted by atomic mass is 16.5. The van der Waals surface area contributed by atoms with Gasteiger partial charge in [0, 0.05) is 11.1 Å². The lowest BCUT2D eigenvalue weighted by Crippen LogP contribution is -2.43. The topological polar surface area (TPSA) is 153 Å². The third-order valence-electron chi connectivity index (χ3n) is 4.30. The lowest BCUT2D eigenvalue weighted by atomic mass is 10.0. The van der Waals surface area contributed by atoms with Gasteiger partial charge in [0.05, 0.1) is 19.1 Å². The highest BCUT2D eigenvalue weighted by Gasteiger charge is 2.20. The maximum Gasteiger partial charge on any atom is 0.252 e. The van der Waals surface area contributed by atoms with Crippen molar-refractivity contribution in [1.29, 1.82) is 0 Å². The summed E-state index contributed by atoms with van der Waals surface area (Å²) >= 11 is 0. The smallest absolute Gasteiger partial charge is 0.252 e. The molecule has 1 aromatic carbocycles. The van der Waals surface area contributed by atoms with Crippen molar-refractivity contribution < 1.29 is 19.6 Å². The van der Waals surface area contributed by atoms with Crippen molar-refractivity contribution in [2.75, 3.05) is 13.2 Å². The normalized spacial score (nSPS) is 11.5. The van der Waals surface area contributed by atoms with Crippen molar-refractivity contribution >= 4 is 18.2 Å².